The van der Waals surface area contributed by atoms with Crippen molar-refractivity contribution in [2.45, 2.75) is 99.0 Å². The topological polar surface area (TPSA) is 66.0 Å². The number of hydrogen-bond donors (Lipinski definition) is 1. The van der Waals surface area contributed by atoms with Crippen molar-refractivity contribution in [3.63, 3.8) is 0 Å². The normalized spacial score (nSPS) is 10.5. The predicted octanol–water partition coefficient (Wildman–Crippen LogP) is 5.38. The lowest BCUT2D eigenvalue weighted by atomic mass is 10.1. The van der Waals surface area contributed by atoms with E-state index in [1.54, 1.807) is 7.11 Å². The molecule has 0 bridgehead atoms. The zero-order valence-corrected chi connectivity index (χ0v) is 21.4. The number of hydrogen-bond acceptors (Lipinski definition) is 5. The number of carbonyl (C=O) groups excluding carboxylic acids is 1. The van der Waals surface area contributed by atoms with Crippen molar-refractivity contribution < 1.29 is 23.7 Å². The summed E-state index contributed by atoms with van der Waals surface area (Å²) < 4.78 is 20.4. The van der Waals surface area contributed by atoms with Crippen molar-refractivity contribution in [3.05, 3.63) is 0 Å². The molecule has 0 rings (SSSR count). The molecule has 0 atom stereocenters. The van der Waals surface area contributed by atoms with Gasteiger partial charge in [-0.05, 0) is 59.8 Å². The van der Waals surface area contributed by atoms with E-state index >= 15 is 0 Å². The Morgan fingerprint density at radius 2 is 1.40 bits per heavy atom. The van der Waals surface area contributed by atoms with E-state index < -0.39 is 0 Å². The van der Waals surface area contributed by atoms with Gasteiger partial charge >= 0.3 is 0 Å². The number of carbonyl (C=O) groups is 1. The highest BCUT2D eigenvalue weighted by Gasteiger charge is 2.08. The third-order valence-electron chi connectivity index (χ3n) is 3.49. The molecule has 0 aromatic heterocycles. The second kappa shape index (κ2) is 28.3. The fourth-order valence-corrected chi connectivity index (χ4v) is 1.97. The molecule has 1 N–H and O–H groups in total. The average molecular weight is 436 g/mol. The van der Waals surface area contributed by atoms with E-state index in [0.717, 1.165) is 78.1 Å². The molecule has 0 aliphatic carbocycles. The van der Waals surface area contributed by atoms with Gasteiger partial charge in [0.25, 0.3) is 0 Å². The molecule has 0 saturated carbocycles. The average Bonchev–Trinajstić information content (AvgIpc) is 2.71. The van der Waals surface area contributed by atoms with Crippen LogP contribution in [0.3, 0.4) is 0 Å². The van der Waals surface area contributed by atoms with E-state index in [0.29, 0.717) is 13.0 Å². The molecule has 0 unspecified atom stereocenters. The van der Waals surface area contributed by atoms with Gasteiger partial charge in [-0.25, -0.2) is 0 Å². The molecule has 0 radical (unpaired) electrons. The van der Waals surface area contributed by atoms with E-state index in [1.165, 1.54) is 0 Å². The SMILES string of the molecule is CCCNC(=O)CCCCCOC(C)(C)C.CCCOCC.CCCOCCOC. The highest BCUT2D eigenvalue weighted by atomic mass is 16.5. The molecule has 1 amide bonds. The lowest BCUT2D eigenvalue weighted by Crippen LogP contribution is -2.23. The minimum atomic E-state index is -0.0432. The van der Waals surface area contributed by atoms with Crippen molar-refractivity contribution in [1.29, 1.82) is 0 Å². The molecule has 0 aromatic carbocycles. The predicted molar refractivity (Wildman–Crippen MR) is 127 cm³/mol. The Balaban J connectivity index is -0.000000431. The molecule has 30 heavy (non-hydrogen) atoms. The van der Waals surface area contributed by atoms with Gasteiger partial charge in [0.15, 0.2) is 0 Å². The fourth-order valence-electron chi connectivity index (χ4n) is 1.97. The quantitative estimate of drug-likeness (QED) is 0.330. The maximum absolute atomic E-state index is 11.3. The van der Waals surface area contributed by atoms with Gasteiger partial charge in [0.2, 0.25) is 5.91 Å². The van der Waals surface area contributed by atoms with Crippen LogP contribution in [0, 0.1) is 0 Å². The van der Waals surface area contributed by atoms with Crippen LogP contribution in [0.4, 0.5) is 0 Å². The third kappa shape index (κ3) is 41.6. The Kier molecular flexibility index (Phi) is 32.0. The summed E-state index contributed by atoms with van der Waals surface area (Å²) in [5, 5.41) is 2.88. The minimum Gasteiger partial charge on any atom is -0.382 e. The van der Waals surface area contributed by atoms with E-state index in [1.807, 2.05) is 6.92 Å². The highest BCUT2D eigenvalue weighted by Crippen LogP contribution is 2.08. The van der Waals surface area contributed by atoms with Gasteiger partial charge in [-0.3, -0.25) is 4.79 Å². The minimum absolute atomic E-state index is 0.0432. The van der Waals surface area contributed by atoms with Gasteiger partial charge in [0, 0.05) is 46.5 Å². The molecule has 6 heteroatoms. The molecule has 0 aliphatic rings. The van der Waals surface area contributed by atoms with Gasteiger partial charge in [-0.15, -0.1) is 0 Å². The van der Waals surface area contributed by atoms with Crippen molar-refractivity contribution in [3.8, 4) is 0 Å². The summed E-state index contributed by atoms with van der Waals surface area (Å²) in [5.74, 6) is 0.179. The number of methoxy groups -OCH3 is 1. The van der Waals surface area contributed by atoms with Crippen molar-refractivity contribution in [2.24, 2.45) is 0 Å². The number of rotatable bonds is 16. The summed E-state index contributed by atoms with van der Waals surface area (Å²) in [5.41, 5.74) is -0.0432. The molecular formula is C24H53NO5. The molecule has 184 valence electrons. The van der Waals surface area contributed by atoms with Crippen LogP contribution >= 0.6 is 0 Å². The summed E-state index contributed by atoms with van der Waals surface area (Å²) in [7, 11) is 1.68. The first-order valence-corrected chi connectivity index (χ1v) is 11.8. The second-order valence-corrected chi connectivity index (χ2v) is 7.92. The van der Waals surface area contributed by atoms with E-state index in [2.05, 4.69) is 46.9 Å². The van der Waals surface area contributed by atoms with Gasteiger partial charge in [0.05, 0.1) is 18.8 Å². The number of unbranched alkanes of at least 4 members (excludes halogenated alkanes) is 2. The summed E-state index contributed by atoms with van der Waals surface area (Å²) >= 11 is 0. The van der Waals surface area contributed by atoms with Crippen molar-refractivity contribution >= 4 is 5.91 Å². The molecule has 6 nitrogen and oxygen atoms in total. The first-order chi connectivity index (χ1) is 14.3. The van der Waals surface area contributed by atoms with E-state index in [9.17, 15) is 4.79 Å². The number of nitrogens with one attached hydrogen (secondary N) is 1. The first kappa shape index (κ1) is 33.9. The van der Waals surface area contributed by atoms with Crippen LogP contribution in [0.5, 0.6) is 0 Å². The lowest BCUT2D eigenvalue weighted by Gasteiger charge is -2.19. The van der Waals surface area contributed by atoms with Crippen LogP contribution in [-0.4, -0.2) is 64.8 Å². The summed E-state index contributed by atoms with van der Waals surface area (Å²) in [4.78, 5) is 11.3. The largest absolute Gasteiger partial charge is 0.382 e. The van der Waals surface area contributed by atoms with Crippen LogP contribution in [0.25, 0.3) is 0 Å². The second-order valence-electron chi connectivity index (χ2n) is 7.92. The summed E-state index contributed by atoms with van der Waals surface area (Å²) in [6, 6.07) is 0. The molecule has 0 aromatic rings. The molecule has 0 spiro atoms. The standard InChI is InChI=1S/C13H27NO2.C6H14O2.C5H12O/c1-5-10-14-12(15)9-7-6-8-11-16-13(2,3)4;1-3-4-8-6-5-7-2;1-3-5-6-4-2/h5-11H2,1-4H3,(H,14,15);3-6H2,1-2H3;3-5H2,1-2H3. The lowest BCUT2D eigenvalue weighted by molar-refractivity contribution is -0.121. The number of amides is 1. The molecule has 0 fully saturated rings. The van der Waals surface area contributed by atoms with Gasteiger partial charge in [-0.1, -0.05) is 27.2 Å². The summed E-state index contributed by atoms with van der Waals surface area (Å²) in [6.45, 7) is 20.1. The Morgan fingerprint density at radius 1 is 0.767 bits per heavy atom. The van der Waals surface area contributed by atoms with Crippen LogP contribution in [-0.2, 0) is 23.7 Å². The van der Waals surface area contributed by atoms with E-state index in [4.69, 9.17) is 18.9 Å². The van der Waals surface area contributed by atoms with Gasteiger partial charge in [0.1, 0.15) is 0 Å². The smallest absolute Gasteiger partial charge is 0.219 e. The van der Waals surface area contributed by atoms with Crippen LogP contribution < -0.4 is 5.32 Å². The fraction of sp³-hybridized carbons (Fsp3) is 0.958. The molecule has 0 heterocycles. The Hall–Kier alpha value is -0.690. The van der Waals surface area contributed by atoms with Crippen molar-refractivity contribution in [2.75, 3.05) is 53.3 Å². The molecule has 0 aliphatic heterocycles. The van der Waals surface area contributed by atoms with Gasteiger partial charge < -0.3 is 24.3 Å². The van der Waals surface area contributed by atoms with Crippen LogP contribution in [0.2, 0.25) is 0 Å². The van der Waals surface area contributed by atoms with Crippen LogP contribution in [0.1, 0.15) is 93.4 Å². The third-order valence-corrected chi connectivity index (χ3v) is 3.49. The molecular weight excluding hydrogens is 382 g/mol. The Labute approximate surface area is 187 Å². The zero-order valence-electron chi connectivity index (χ0n) is 21.4. The Morgan fingerprint density at radius 3 is 1.87 bits per heavy atom. The first-order valence-electron chi connectivity index (χ1n) is 11.8. The molecule has 0 saturated heterocycles. The zero-order chi connectivity index (χ0) is 23.5. The van der Waals surface area contributed by atoms with E-state index in [-0.39, 0.29) is 11.5 Å². The van der Waals surface area contributed by atoms with Crippen molar-refractivity contribution in [1.82, 2.24) is 5.32 Å². The monoisotopic (exact) mass is 435 g/mol. The van der Waals surface area contributed by atoms with Gasteiger partial charge in [-0.2, -0.15) is 0 Å². The van der Waals surface area contributed by atoms with Crippen LogP contribution in [0.15, 0.2) is 0 Å². The maximum Gasteiger partial charge on any atom is 0.219 e. The highest BCUT2D eigenvalue weighted by molar-refractivity contribution is 5.75. The summed E-state index contributed by atoms with van der Waals surface area (Å²) in [6.07, 6.45) is 6.94. The Bertz CT molecular complexity index is 309. The number of ether oxygens (including phenoxy) is 4. The maximum atomic E-state index is 11.3.